The molecule has 1 aromatic heterocycles. The maximum absolute atomic E-state index is 13.0. The Morgan fingerprint density at radius 3 is 2.31 bits per heavy atom. The number of benzene rings is 2. The van der Waals surface area contributed by atoms with Crippen molar-refractivity contribution in [1.82, 2.24) is 4.90 Å². The van der Waals surface area contributed by atoms with E-state index in [4.69, 9.17) is 18.6 Å². The van der Waals surface area contributed by atoms with Crippen molar-refractivity contribution in [2.75, 3.05) is 41.0 Å². The van der Waals surface area contributed by atoms with E-state index >= 15 is 0 Å². The van der Waals surface area contributed by atoms with E-state index in [1.165, 1.54) is 17.9 Å². The Labute approximate surface area is 208 Å². The summed E-state index contributed by atoms with van der Waals surface area (Å²) in [6.45, 7) is 6.16. The lowest BCUT2D eigenvalue weighted by atomic mass is 10.1. The van der Waals surface area contributed by atoms with Crippen molar-refractivity contribution in [2.24, 2.45) is 0 Å². The third-order valence-corrected chi connectivity index (χ3v) is 7.60. The highest BCUT2D eigenvalue weighted by atomic mass is 32.2. The molecule has 0 saturated carbocycles. The Kier molecular flexibility index (Phi) is 9.23. The molecule has 35 heavy (non-hydrogen) atoms. The summed E-state index contributed by atoms with van der Waals surface area (Å²) in [5.74, 6) is 2.57. The maximum atomic E-state index is 13.0. The third-order valence-electron chi connectivity index (χ3n) is 5.79. The van der Waals surface area contributed by atoms with Crippen LogP contribution in [0.15, 0.2) is 69.0 Å². The molecule has 8 heteroatoms. The van der Waals surface area contributed by atoms with E-state index in [1.54, 1.807) is 38.5 Å². The summed E-state index contributed by atoms with van der Waals surface area (Å²) in [5, 5.41) is 0. The lowest BCUT2D eigenvalue weighted by Gasteiger charge is -2.17. The summed E-state index contributed by atoms with van der Waals surface area (Å²) in [7, 11) is 1.73. The average molecular weight is 502 g/mol. The van der Waals surface area contributed by atoms with Gasteiger partial charge in [0.15, 0.2) is 11.5 Å². The van der Waals surface area contributed by atoms with Crippen LogP contribution < -0.4 is 14.2 Å². The van der Waals surface area contributed by atoms with Crippen LogP contribution in [0.4, 0.5) is 0 Å². The van der Waals surface area contributed by atoms with Crippen molar-refractivity contribution in [3.63, 3.8) is 0 Å². The molecule has 0 N–H and O–H groups in total. The van der Waals surface area contributed by atoms with E-state index in [2.05, 4.69) is 18.0 Å². The second-order valence-corrected chi connectivity index (χ2v) is 10.6. The summed E-state index contributed by atoms with van der Waals surface area (Å²) < 4.78 is 47.8. The molecule has 0 aliphatic carbocycles. The SMILES string of the molecule is COc1ccc(CCN(C)CCCOc2ccc(S(=O)(=O)c3ccoc3C(C)C)cc2)cc1OC. The largest absolute Gasteiger partial charge is 0.494 e. The highest BCUT2D eigenvalue weighted by Gasteiger charge is 2.25. The zero-order chi connectivity index (χ0) is 25.4. The van der Waals surface area contributed by atoms with Crippen molar-refractivity contribution in [3.05, 3.63) is 66.1 Å². The summed E-state index contributed by atoms with van der Waals surface area (Å²) >= 11 is 0. The van der Waals surface area contributed by atoms with Gasteiger partial charge < -0.3 is 23.5 Å². The molecule has 1 heterocycles. The highest BCUT2D eigenvalue weighted by Crippen LogP contribution is 2.31. The lowest BCUT2D eigenvalue weighted by molar-refractivity contribution is 0.264. The molecule has 3 rings (SSSR count). The molecule has 0 atom stereocenters. The number of ether oxygens (including phenoxy) is 3. The standard InChI is InChI=1S/C27H35NO6S/c1-20(2)27-26(14-18-34-27)35(29,30)23-10-8-22(9-11-23)33-17-6-15-28(3)16-13-21-7-12-24(31-4)25(19-21)32-5/h7-12,14,18-20H,6,13,15-17H2,1-5H3. The predicted octanol–water partition coefficient (Wildman–Crippen LogP) is 5.20. The van der Waals surface area contributed by atoms with Crippen molar-refractivity contribution >= 4 is 9.84 Å². The van der Waals surface area contributed by atoms with E-state index in [1.807, 2.05) is 26.0 Å². The van der Waals surface area contributed by atoms with Crippen LogP contribution in [0.25, 0.3) is 0 Å². The number of hydrogen-bond donors (Lipinski definition) is 0. The fraction of sp³-hybridized carbons (Fsp3) is 0.407. The van der Waals surface area contributed by atoms with E-state index in [0.29, 0.717) is 18.1 Å². The second-order valence-electron chi connectivity index (χ2n) is 8.72. The first kappa shape index (κ1) is 26.6. The Hall–Kier alpha value is -2.97. The Morgan fingerprint density at radius 2 is 1.66 bits per heavy atom. The zero-order valence-electron chi connectivity index (χ0n) is 21.1. The van der Waals surface area contributed by atoms with E-state index in [0.717, 1.165) is 37.4 Å². The number of methoxy groups -OCH3 is 2. The molecule has 7 nitrogen and oxygen atoms in total. The third kappa shape index (κ3) is 6.80. The van der Waals surface area contributed by atoms with Crippen LogP contribution in [0.5, 0.6) is 17.2 Å². The molecular weight excluding hydrogens is 466 g/mol. The van der Waals surface area contributed by atoms with Gasteiger partial charge in [0, 0.05) is 19.0 Å². The Morgan fingerprint density at radius 1 is 0.943 bits per heavy atom. The van der Waals surface area contributed by atoms with Gasteiger partial charge in [-0.15, -0.1) is 0 Å². The van der Waals surface area contributed by atoms with Crippen molar-refractivity contribution < 1.29 is 27.0 Å². The molecule has 0 aliphatic rings. The van der Waals surface area contributed by atoms with Crippen LogP contribution in [0.2, 0.25) is 0 Å². The fourth-order valence-electron chi connectivity index (χ4n) is 3.79. The first-order valence-electron chi connectivity index (χ1n) is 11.7. The van der Waals surface area contributed by atoms with Gasteiger partial charge in [0.25, 0.3) is 0 Å². The van der Waals surface area contributed by atoms with E-state index in [-0.39, 0.29) is 15.7 Å². The molecule has 0 bridgehead atoms. The van der Waals surface area contributed by atoms with Gasteiger partial charge >= 0.3 is 0 Å². The minimum absolute atomic E-state index is 0.0189. The van der Waals surface area contributed by atoms with Gasteiger partial charge in [-0.05, 0) is 67.9 Å². The molecule has 0 saturated heterocycles. The Bertz CT molecular complexity index is 1180. The van der Waals surface area contributed by atoms with Gasteiger partial charge in [-0.1, -0.05) is 19.9 Å². The number of furan rings is 1. The molecule has 190 valence electrons. The molecule has 0 spiro atoms. The van der Waals surface area contributed by atoms with Gasteiger partial charge in [-0.2, -0.15) is 0 Å². The van der Waals surface area contributed by atoms with Gasteiger partial charge in [0.2, 0.25) is 9.84 Å². The fourth-order valence-corrected chi connectivity index (χ4v) is 5.32. The maximum Gasteiger partial charge on any atom is 0.210 e. The first-order chi connectivity index (χ1) is 16.8. The quantitative estimate of drug-likeness (QED) is 0.298. The van der Waals surface area contributed by atoms with Crippen LogP contribution in [0, 0.1) is 0 Å². The number of nitrogens with zero attached hydrogens (tertiary/aromatic N) is 1. The molecule has 0 unspecified atom stereocenters. The predicted molar refractivity (Wildman–Crippen MR) is 136 cm³/mol. The van der Waals surface area contributed by atoms with Gasteiger partial charge in [-0.3, -0.25) is 0 Å². The van der Waals surface area contributed by atoms with Crippen LogP contribution in [0.3, 0.4) is 0 Å². The summed E-state index contributed by atoms with van der Waals surface area (Å²) in [6.07, 6.45) is 3.18. The number of likely N-dealkylation sites (N-methyl/N-ethyl adjacent to an activating group) is 1. The first-order valence-corrected chi connectivity index (χ1v) is 13.2. The zero-order valence-corrected chi connectivity index (χ0v) is 21.9. The van der Waals surface area contributed by atoms with Crippen molar-refractivity contribution in [2.45, 2.75) is 42.4 Å². The van der Waals surface area contributed by atoms with E-state index in [9.17, 15) is 8.42 Å². The van der Waals surface area contributed by atoms with Crippen LogP contribution in [-0.2, 0) is 16.3 Å². The average Bonchev–Trinajstić information content (AvgIpc) is 3.37. The Balaban J connectivity index is 1.45. The van der Waals surface area contributed by atoms with Gasteiger partial charge in [-0.25, -0.2) is 8.42 Å². The van der Waals surface area contributed by atoms with Crippen LogP contribution >= 0.6 is 0 Å². The summed E-state index contributed by atoms with van der Waals surface area (Å²) in [4.78, 5) is 2.70. The molecule has 3 aromatic rings. The molecule has 0 aliphatic heterocycles. The van der Waals surface area contributed by atoms with E-state index < -0.39 is 9.84 Å². The molecule has 0 radical (unpaired) electrons. The topological polar surface area (TPSA) is 78.2 Å². The van der Waals surface area contributed by atoms with Crippen molar-refractivity contribution in [1.29, 1.82) is 0 Å². The highest BCUT2D eigenvalue weighted by molar-refractivity contribution is 7.91. The molecule has 0 amide bonds. The number of rotatable bonds is 13. The summed E-state index contributed by atoms with van der Waals surface area (Å²) in [6, 6.07) is 14.1. The molecular formula is C27H35NO6S. The summed E-state index contributed by atoms with van der Waals surface area (Å²) in [5.41, 5.74) is 1.19. The van der Waals surface area contributed by atoms with Crippen molar-refractivity contribution in [3.8, 4) is 17.2 Å². The van der Waals surface area contributed by atoms with Gasteiger partial charge in [0.1, 0.15) is 16.4 Å². The van der Waals surface area contributed by atoms with Crippen LogP contribution in [-0.4, -0.2) is 54.3 Å². The minimum Gasteiger partial charge on any atom is -0.494 e. The normalized spacial score (nSPS) is 11.7. The molecule has 2 aromatic carbocycles. The monoisotopic (exact) mass is 501 g/mol. The second kappa shape index (κ2) is 12.1. The minimum atomic E-state index is -3.63. The van der Waals surface area contributed by atoms with Gasteiger partial charge in [0.05, 0.1) is 32.0 Å². The van der Waals surface area contributed by atoms with Crippen LogP contribution in [0.1, 0.15) is 37.5 Å². The number of hydrogen-bond acceptors (Lipinski definition) is 7. The molecule has 0 fully saturated rings. The smallest absolute Gasteiger partial charge is 0.210 e. The number of sulfone groups is 1. The lowest BCUT2D eigenvalue weighted by Crippen LogP contribution is -2.23.